The molecule has 0 spiro atoms. The van der Waals surface area contributed by atoms with Crippen LogP contribution in [0.3, 0.4) is 0 Å². The second-order valence-electron chi connectivity index (χ2n) is 4.59. The van der Waals surface area contributed by atoms with Crippen LogP contribution in [0.1, 0.15) is 24.1 Å². The van der Waals surface area contributed by atoms with Crippen molar-refractivity contribution >= 4 is 11.8 Å². The van der Waals surface area contributed by atoms with Crippen LogP contribution in [0, 0.1) is 18.3 Å². The van der Waals surface area contributed by atoms with Crippen molar-refractivity contribution < 1.29 is 14.6 Å². The predicted octanol–water partition coefficient (Wildman–Crippen LogP) is 0.644. The minimum Gasteiger partial charge on any atom is -0.479 e. The third kappa shape index (κ3) is 2.69. The van der Waals surface area contributed by atoms with Crippen LogP contribution < -0.4 is 5.32 Å². The second kappa shape index (κ2) is 5.28. The Morgan fingerprint density at radius 3 is 3.00 bits per heavy atom. The fourth-order valence-corrected chi connectivity index (χ4v) is 2.24. The van der Waals surface area contributed by atoms with E-state index >= 15 is 0 Å². The summed E-state index contributed by atoms with van der Waals surface area (Å²) in [5.41, 5.74) is 1.18. The van der Waals surface area contributed by atoms with E-state index in [2.05, 4.69) is 16.5 Å². The number of aromatic nitrogens is 2. The number of hydrogen-bond donors (Lipinski definition) is 2. The molecule has 1 aromatic heterocycles. The van der Waals surface area contributed by atoms with Crippen LogP contribution in [0.15, 0.2) is 0 Å². The molecule has 1 saturated heterocycles. The number of carbonyl (C=O) groups is 1. The Kier molecular flexibility index (Phi) is 3.71. The van der Waals surface area contributed by atoms with Gasteiger partial charge in [-0.2, -0.15) is 10.4 Å². The fraction of sp³-hybridized carbons (Fsp3) is 0.583. The molecular weight excluding hydrogens is 248 g/mol. The second-order valence-corrected chi connectivity index (χ2v) is 4.59. The van der Waals surface area contributed by atoms with Crippen LogP contribution in [0.4, 0.5) is 5.82 Å². The van der Waals surface area contributed by atoms with E-state index in [0.717, 1.165) is 0 Å². The van der Waals surface area contributed by atoms with Gasteiger partial charge in [0.15, 0.2) is 6.10 Å². The van der Waals surface area contributed by atoms with Crippen LogP contribution >= 0.6 is 0 Å². The number of aliphatic carboxylic acids is 1. The highest BCUT2D eigenvalue weighted by Crippen LogP contribution is 2.22. The minimum atomic E-state index is -0.920. The lowest BCUT2D eigenvalue weighted by Crippen LogP contribution is -2.25. The van der Waals surface area contributed by atoms with Gasteiger partial charge in [-0.3, -0.25) is 4.68 Å². The Labute approximate surface area is 110 Å². The molecule has 0 aliphatic carbocycles. The van der Waals surface area contributed by atoms with Crippen molar-refractivity contribution in [1.82, 2.24) is 9.78 Å². The van der Waals surface area contributed by atoms with Gasteiger partial charge < -0.3 is 15.2 Å². The molecule has 1 aliphatic rings. The summed E-state index contributed by atoms with van der Waals surface area (Å²) in [7, 11) is 1.76. The molecule has 2 atom stereocenters. The van der Waals surface area contributed by atoms with E-state index in [1.165, 1.54) is 0 Å². The van der Waals surface area contributed by atoms with Gasteiger partial charge in [0.05, 0.1) is 11.8 Å². The highest BCUT2D eigenvalue weighted by Gasteiger charge is 2.30. The summed E-state index contributed by atoms with van der Waals surface area (Å²) < 4.78 is 7.00. The summed E-state index contributed by atoms with van der Waals surface area (Å²) in [6.07, 6.45) is 0.359. The SMILES string of the molecule is Cc1nn(C)c(NCC2CCC(C(=O)O)O2)c1C#N. The lowest BCUT2D eigenvalue weighted by Gasteiger charge is -2.13. The van der Waals surface area contributed by atoms with Gasteiger partial charge in [0, 0.05) is 13.6 Å². The number of hydrogen-bond acceptors (Lipinski definition) is 5. The van der Waals surface area contributed by atoms with Gasteiger partial charge in [0.2, 0.25) is 0 Å². The smallest absolute Gasteiger partial charge is 0.332 e. The lowest BCUT2D eigenvalue weighted by atomic mass is 10.2. The standard InChI is InChI=1S/C12H16N4O3/c1-7-9(5-13)11(16(2)15-7)14-6-8-3-4-10(19-8)12(17)18/h8,10,14H,3-4,6H2,1-2H3,(H,17,18). The van der Waals surface area contributed by atoms with Crippen molar-refractivity contribution in [2.24, 2.45) is 7.05 Å². The number of nitrogens with one attached hydrogen (secondary N) is 1. The monoisotopic (exact) mass is 264 g/mol. The maximum absolute atomic E-state index is 10.8. The third-order valence-corrected chi connectivity index (χ3v) is 3.21. The molecule has 2 rings (SSSR count). The van der Waals surface area contributed by atoms with Gasteiger partial charge in [-0.15, -0.1) is 0 Å². The van der Waals surface area contributed by atoms with E-state index in [-0.39, 0.29) is 6.10 Å². The maximum atomic E-state index is 10.8. The van der Waals surface area contributed by atoms with E-state index < -0.39 is 12.1 Å². The van der Waals surface area contributed by atoms with Gasteiger partial charge in [-0.25, -0.2) is 4.79 Å². The lowest BCUT2D eigenvalue weighted by molar-refractivity contribution is -0.149. The van der Waals surface area contributed by atoms with Crippen molar-refractivity contribution in [3.8, 4) is 6.07 Å². The van der Waals surface area contributed by atoms with Crippen LogP contribution in [0.5, 0.6) is 0 Å². The van der Waals surface area contributed by atoms with Gasteiger partial charge in [-0.1, -0.05) is 0 Å². The molecule has 0 saturated carbocycles. The molecule has 0 radical (unpaired) electrons. The average molecular weight is 264 g/mol. The molecule has 0 bridgehead atoms. The summed E-state index contributed by atoms with van der Waals surface area (Å²) in [5, 5.41) is 25.2. The molecule has 0 amide bonds. The zero-order valence-electron chi connectivity index (χ0n) is 10.9. The fourth-order valence-electron chi connectivity index (χ4n) is 2.24. The molecule has 1 fully saturated rings. The van der Waals surface area contributed by atoms with Crippen molar-refractivity contribution in [3.63, 3.8) is 0 Å². The topological polar surface area (TPSA) is 100 Å². The highest BCUT2D eigenvalue weighted by molar-refractivity contribution is 5.72. The summed E-state index contributed by atoms with van der Waals surface area (Å²) in [6.45, 7) is 2.24. The Morgan fingerprint density at radius 1 is 1.68 bits per heavy atom. The minimum absolute atomic E-state index is 0.150. The molecule has 2 N–H and O–H groups in total. The van der Waals surface area contributed by atoms with Crippen molar-refractivity contribution in [1.29, 1.82) is 5.26 Å². The van der Waals surface area contributed by atoms with Crippen molar-refractivity contribution in [2.75, 3.05) is 11.9 Å². The van der Waals surface area contributed by atoms with E-state index in [9.17, 15) is 4.79 Å². The molecule has 19 heavy (non-hydrogen) atoms. The van der Waals surface area contributed by atoms with E-state index in [1.54, 1.807) is 18.7 Å². The largest absolute Gasteiger partial charge is 0.479 e. The number of rotatable bonds is 4. The number of aryl methyl sites for hydroxylation is 2. The summed E-state index contributed by atoms with van der Waals surface area (Å²) in [4.78, 5) is 10.8. The quantitative estimate of drug-likeness (QED) is 0.828. The Bertz CT molecular complexity index is 532. The van der Waals surface area contributed by atoms with Gasteiger partial charge in [-0.05, 0) is 19.8 Å². The van der Waals surface area contributed by atoms with Gasteiger partial charge >= 0.3 is 5.97 Å². The zero-order chi connectivity index (χ0) is 14.0. The first kappa shape index (κ1) is 13.4. The first-order valence-electron chi connectivity index (χ1n) is 6.08. The van der Waals surface area contributed by atoms with E-state index in [1.807, 2.05) is 0 Å². The third-order valence-electron chi connectivity index (χ3n) is 3.21. The molecule has 7 heteroatoms. The molecule has 102 valence electrons. The van der Waals surface area contributed by atoms with Crippen LogP contribution in [0.25, 0.3) is 0 Å². The highest BCUT2D eigenvalue weighted by atomic mass is 16.5. The Hall–Kier alpha value is -2.07. The molecule has 1 aromatic rings. The maximum Gasteiger partial charge on any atom is 0.332 e. The first-order chi connectivity index (χ1) is 9.02. The van der Waals surface area contributed by atoms with Crippen molar-refractivity contribution in [3.05, 3.63) is 11.3 Å². The molecule has 0 aromatic carbocycles. The summed E-state index contributed by atoms with van der Waals surface area (Å²) in [6, 6.07) is 2.11. The van der Waals surface area contributed by atoms with E-state index in [4.69, 9.17) is 15.1 Å². The Morgan fingerprint density at radius 2 is 2.42 bits per heavy atom. The number of nitriles is 1. The van der Waals surface area contributed by atoms with Crippen LogP contribution in [-0.2, 0) is 16.6 Å². The molecule has 7 nitrogen and oxygen atoms in total. The number of carboxylic acid groups (broad SMARTS) is 1. The average Bonchev–Trinajstić information content (AvgIpc) is 2.91. The molecule has 2 heterocycles. The zero-order valence-corrected chi connectivity index (χ0v) is 10.9. The normalized spacial score (nSPS) is 22.2. The number of ether oxygens (including phenoxy) is 1. The van der Waals surface area contributed by atoms with Gasteiger partial charge in [0.1, 0.15) is 17.5 Å². The first-order valence-corrected chi connectivity index (χ1v) is 6.08. The molecule has 2 unspecified atom stereocenters. The number of anilines is 1. The predicted molar refractivity (Wildman–Crippen MR) is 66.7 cm³/mol. The Balaban J connectivity index is 1.97. The van der Waals surface area contributed by atoms with Gasteiger partial charge in [0.25, 0.3) is 0 Å². The van der Waals surface area contributed by atoms with E-state index in [0.29, 0.717) is 36.5 Å². The summed E-state index contributed by atoms with van der Waals surface area (Å²) in [5.74, 6) is -0.279. The molecular formula is C12H16N4O3. The number of carboxylic acids is 1. The van der Waals surface area contributed by atoms with Crippen molar-refractivity contribution in [2.45, 2.75) is 32.0 Å². The van der Waals surface area contributed by atoms with Crippen LogP contribution in [0.2, 0.25) is 0 Å². The molecule has 1 aliphatic heterocycles. The summed E-state index contributed by atoms with van der Waals surface area (Å²) >= 11 is 0. The van der Waals surface area contributed by atoms with Crippen LogP contribution in [-0.4, -0.2) is 39.6 Å². The number of nitrogens with zero attached hydrogens (tertiary/aromatic N) is 3.